The van der Waals surface area contributed by atoms with Crippen LogP contribution < -0.4 is 5.32 Å². The number of fused-ring (bicyclic) bond motifs is 3. The van der Waals surface area contributed by atoms with Gasteiger partial charge in [0, 0.05) is 40.5 Å². The number of aromatic amines is 1. The Morgan fingerprint density at radius 1 is 1.10 bits per heavy atom. The van der Waals surface area contributed by atoms with Gasteiger partial charge in [0.15, 0.2) is 23.2 Å². The summed E-state index contributed by atoms with van der Waals surface area (Å²) in [4.78, 5) is 38.1. The van der Waals surface area contributed by atoms with Crippen LogP contribution in [0.2, 0.25) is 5.15 Å². The molecule has 0 amide bonds. The number of H-pyrrole nitrogens is 1. The highest BCUT2D eigenvalue weighted by Crippen LogP contribution is 2.47. The van der Waals surface area contributed by atoms with Crippen LogP contribution in [0.1, 0.15) is 126 Å². The quantitative estimate of drug-likeness (QED) is 0.170. The fourth-order valence-electron chi connectivity index (χ4n) is 6.15. The molecular formula is C34H46ClFN4O2. The molecule has 1 unspecified atom stereocenters. The van der Waals surface area contributed by atoms with E-state index >= 15 is 4.39 Å². The molecule has 2 N–H and O–H groups in total. The molecule has 1 atom stereocenters. The zero-order valence-electron chi connectivity index (χ0n) is 26.6. The summed E-state index contributed by atoms with van der Waals surface area (Å²) in [6, 6.07) is 1.49. The molecule has 0 radical (unpaired) electrons. The molecule has 3 aromatic heterocycles. The molecule has 0 fully saturated rings. The van der Waals surface area contributed by atoms with E-state index in [1.54, 1.807) is 6.20 Å². The van der Waals surface area contributed by atoms with E-state index in [-0.39, 0.29) is 39.4 Å². The lowest BCUT2D eigenvalue weighted by atomic mass is 9.70. The van der Waals surface area contributed by atoms with Crippen molar-refractivity contribution in [2.45, 2.75) is 106 Å². The van der Waals surface area contributed by atoms with Gasteiger partial charge in [-0.05, 0) is 68.6 Å². The van der Waals surface area contributed by atoms with Gasteiger partial charge >= 0.3 is 0 Å². The lowest BCUT2D eigenvalue weighted by Gasteiger charge is -2.34. The Morgan fingerprint density at radius 2 is 1.76 bits per heavy atom. The highest BCUT2D eigenvalue weighted by Gasteiger charge is 2.40. The molecule has 0 bridgehead atoms. The zero-order chi connectivity index (χ0) is 31.4. The number of hydrogen-bond acceptors (Lipinski definition) is 5. The molecule has 0 aliphatic heterocycles. The minimum atomic E-state index is -0.529. The summed E-state index contributed by atoms with van der Waals surface area (Å²) < 4.78 is 16.4. The summed E-state index contributed by atoms with van der Waals surface area (Å²) in [5.74, 6) is -0.348. The molecule has 4 rings (SSSR count). The number of hydrogen-bond donors (Lipinski definition) is 2. The van der Waals surface area contributed by atoms with Crippen LogP contribution in [0.3, 0.4) is 0 Å². The van der Waals surface area contributed by atoms with Crippen LogP contribution in [0.15, 0.2) is 18.5 Å². The SMILES string of the molecule is CC.CCC(C)C(=O)c1c(C(CC)(CC)CC(C)C)[nH]c2c1CCc1cnc(Nc3cc(Cl)ncc3C(C)=O)c(F)c1-2. The van der Waals surface area contributed by atoms with Crippen molar-refractivity contribution in [1.82, 2.24) is 15.0 Å². The Hall–Kier alpha value is -3.06. The topological polar surface area (TPSA) is 87.7 Å². The first-order chi connectivity index (χ1) is 20.0. The van der Waals surface area contributed by atoms with Crippen LogP contribution in [0.25, 0.3) is 11.3 Å². The van der Waals surface area contributed by atoms with E-state index in [2.05, 4.69) is 48.0 Å². The minimum absolute atomic E-state index is 0.0123. The maximum atomic E-state index is 16.4. The number of aryl methyl sites for hydroxylation is 1. The number of aromatic nitrogens is 3. The third-order valence-electron chi connectivity index (χ3n) is 8.59. The Kier molecular flexibility index (Phi) is 11.1. The van der Waals surface area contributed by atoms with Crippen molar-refractivity contribution in [1.29, 1.82) is 0 Å². The molecule has 1 aliphatic rings. The monoisotopic (exact) mass is 596 g/mol. The van der Waals surface area contributed by atoms with Crippen molar-refractivity contribution >= 4 is 34.7 Å². The molecule has 8 heteroatoms. The highest BCUT2D eigenvalue weighted by atomic mass is 35.5. The summed E-state index contributed by atoms with van der Waals surface area (Å²) >= 11 is 6.09. The number of ketones is 2. The molecule has 3 aromatic rings. The molecular weight excluding hydrogens is 551 g/mol. The van der Waals surface area contributed by atoms with Gasteiger partial charge in [0.25, 0.3) is 0 Å². The number of rotatable bonds is 11. The smallest absolute Gasteiger partial charge is 0.175 e. The summed E-state index contributed by atoms with van der Waals surface area (Å²) in [5.41, 5.74) is 4.88. The maximum Gasteiger partial charge on any atom is 0.175 e. The second-order valence-electron chi connectivity index (χ2n) is 11.5. The van der Waals surface area contributed by atoms with Crippen LogP contribution in [-0.4, -0.2) is 26.5 Å². The second kappa shape index (κ2) is 13.9. The number of carbonyl (C=O) groups excluding carboxylic acids is 2. The van der Waals surface area contributed by atoms with Crippen molar-refractivity contribution in [2.24, 2.45) is 11.8 Å². The van der Waals surface area contributed by atoms with Crippen LogP contribution in [0.5, 0.6) is 0 Å². The first kappa shape index (κ1) is 33.4. The Balaban J connectivity index is 0.00000237. The van der Waals surface area contributed by atoms with E-state index < -0.39 is 5.82 Å². The first-order valence-electron chi connectivity index (χ1n) is 15.4. The van der Waals surface area contributed by atoms with Gasteiger partial charge in [-0.2, -0.15) is 0 Å². The van der Waals surface area contributed by atoms with E-state index in [4.69, 9.17) is 11.6 Å². The maximum absolute atomic E-state index is 16.4. The number of Topliss-reactive ketones (excluding diaryl/α,β-unsaturated/α-hetero) is 2. The predicted molar refractivity (Wildman–Crippen MR) is 171 cm³/mol. The first-order valence-corrected chi connectivity index (χ1v) is 15.8. The third kappa shape index (κ3) is 6.31. The average Bonchev–Trinajstić information content (AvgIpc) is 3.37. The highest BCUT2D eigenvalue weighted by molar-refractivity contribution is 6.29. The van der Waals surface area contributed by atoms with Gasteiger partial charge in [0.05, 0.1) is 16.9 Å². The normalized spacial score (nSPS) is 13.1. The summed E-state index contributed by atoms with van der Waals surface area (Å²) in [5, 5.41) is 3.16. The van der Waals surface area contributed by atoms with Crippen LogP contribution >= 0.6 is 11.6 Å². The molecule has 0 saturated carbocycles. The van der Waals surface area contributed by atoms with E-state index in [0.717, 1.165) is 48.1 Å². The van der Waals surface area contributed by atoms with Crippen molar-refractivity contribution in [3.05, 3.63) is 57.4 Å². The Morgan fingerprint density at radius 3 is 2.33 bits per heavy atom. The summed E-state index contributed by atoms with van der Waals surface area (Å²) in [6.45, 7) is 18.2. The largest absolute Gasteiger partial charge is 0.357 e. The Labute approximate surface area is 255 Å². The van der Waals surface area contributed by atoms with Crippen molar-refractivity contribution < 1.29 is 14.0 Å². The van der Waals surface area contributed by atoms with Gasteiger partial charge in [-0.15, -0.1) is 0 Å². The van der Waals surface area contributed by atoms with Gasteiger partial charge in [-0.1, -0.05) is 67.0 Å². The van der Waals surface area contributed by atoms with Crippen LogP contribution in [-0.2, 0) is 18.3 Å². The zero-order valence-corrected chi connectivity index (χ0v) is 27.4. The molecule has 0 saturated heterocycles. The predicted octanol–water partition coefficient (Wildman–Crippen LogP) is 9.67. The fourth-order valence-corrected chi connectivity index (χ4v) is 6.31. The summed E-state index contributed by atoms with van der Waals surface area (Å²) in [7, 11) is 0. The average molecular weight is 597 g/mol. The van der Waals surface area contributed by atoms with Gasteiger partial charge in [0.2, 0.25) is 0 Å². The van der Waals surface area contributed by atoms with E-state index in [9.17, 15) is 9.59 Å². The molecule has 6 nitrogen and oxygen atoms in total. The van der Waals surface area contributed by atoms with Gasteiger partial charge < -0.3 is 10.3 Å². The summed E-state index contributed by atoms with van der Waals surface area (Å²) in [6.07, 6.45) is 7.68. The van der Waals surface area contributed by atoms with Crippen molar-refractivity contribution in [3.63, 3.8) is 0 Å². The second-order valence-corrected chi connectivity index (χ2v) is 11.9. The van der Waals surface area contributed by atoms with E-state index in [1.807, 2.05) is 27.7 Å². The number of anilines is 2. The lowest BCUT2D eigenvalue weighted by molar-refractivity contribution is 0.0922. The number of nitrogens with one attached hydrogen (secondary N) is 2. The molecule has 0 aromatic carbocycles. The fraction of sp³-hybridized carbons (Fsp3) is 0.529. The minimum Gasteiger partial charge on any atom is -0.357 e. The lowest BCUT2D eigenvalue weighted by Crippen LogP contribution is -2.30. The number of carbonyl (C=O) groups is 2. The molecule has 1 aliphatic carbocycles. The standard InChI is InChI=1S/C32H40ClFN4O2.C2H6/c1-8-18(6)29(40)26-21-12-11-20-15-36-31(37-23-13-24(33)35-16-22(23)19(7)39)27(34)25(20)28(21)38-30(26)32(9-2,10-3)14-17(4)5;1-2/h13,15-18,38H,8-12,14H2,1-7H3,(H,35,36,37);1-2H3. The molecule has 228 valence electrons. The van der Waals surface area contributed by atoms with Crippen LogP contribution in [0.4, 0.5) is 15.9 Å². The number of halogens is 2. The van der Waals surface area contributed by atoms with Crippen LogP contribution in [0, 0.1) is 17.7 Å². The number of pyridine rings is 2. The number of nitrogens with zero attached hydrogens (tertiary/aromatic N) is 2. The van der Waals surface area contributed by atoms with Crippen molar-refractivity contribution in [2.75, 3.05) is 5.32 Å². The van der Waals surface area contributed by atoms with E-state index in [0.29, 0.717) is 35.7 Å². The molecule has 3 heterocycles. The molecule has 42 heavy (non-hydrogen) atoms. The Bertz CT molecular complexity index is 1440. The third-order valence-corrected chi connectivity index (χ3v) is 8.79. The van der Waals surface area contributed by atoms with Gasteiger partial charge in [0.1, 0.15) is 5.15 Å². The van der Waals surface area contributed by atoms with E-state index in [1.165, 1.54) is 19.2 Å². The van der Waals surface area contributed by atoms with Gasteiger partial charge in [-0.3, -0.25) is 9.59 Å². The van der Waals surface area contributed by atoms with Gasteiger partial charge in [-0.25, -0.2) is 14.4 Å². The molecule has 0 spiro atoms. The van der Waals surface area contributed by atoms with Crippen molar-refractivity contribution in [3.8, 4) is 11.3 Å².